The molecule has 0 unspecified atom stereocenters. The molecule has 1 aliphatic heterocycles. The zero-order chi connectivity index (χ0) is 39.0. The zero-order valence-corrected chi connectivity index (χ0v) is 33.2. The van der Waals surface area contributed by atoms with E-state index in [1.807, 2.05) is 11.3 Å². The van der Waals surface area contributed by atoms with Gasteiger partial charge in [-0.3, -0.25) is 0 Å². The molecule has 3 aromatic heterocycles. The minimum Gasteiger partial charge on any atom is -0.308 e. The maximum atomic E-state index is 5.45. The topological polar surface area (TPSA) is 43.6 Å². The van der Waals surface area contributed by atoms with Crippen LogP contribution in [0, 0.1) is 0 Å². The van der Waals surface area contributed by atoms with E-state index < -0.39 is 0 Å². The lowest BCUT2D eigenvalue weighted by Gasteiger charge is -2.23. The van der Waals surface area contributed by atoms with Crippen molar-refractivity contribution in [3.63, 3.8) is 0 Å². The van der Waals surface area contributed by atoms with Crippen LogP contribution in [0.3, 0.4) is 0 Å². The maximum Gasteiger partial charge on any atom is 0.164 e. The molecule has 59 heavy (non-hydrogen) atoms. The summed E-state index contributed by atoms with van der Waals surface area (Å²) in [6, 6.07) is 61.4. The van der Waals surface area contributed by atoms with Gasteiger partial charge in [-0.25, -0.2) is 15.0 Å². The van der Waals surface area contributed by atoms with E-state index in [4.69, 9.17) is 15.0 Å². The highest BCUT2D eigenvalue weighted by atomic mass is 32.1. The van der Waals surface area contributed by atoms with Crippen LogP contribution in [0.25, 0.3) is 115 Å². The molecule has 0 N–H and O–H groups in total. The van der Waals surface area contributed by atoms with Crippen molar-refractivity contribution in [3.05, 3.63) is 181 Å². The Hall–Kier alpha value is -7.21. The molecule has 2 aliphatic rings. The van der Waals surface area contributed by atoms with Crippen molar-refractivity contribution >= 4 is 53.3 Å². The van der Waals surface area contributed by atoms with E-state index >= 15 is 0 Å². The summed E-state index contributed by atoms with van der Waals surface area (Å²) in [6.07, 6.45) is 0. The van der Waals surface area contributed by atoms with Gasteiger partial charge < -0.3 is 4.57 Å². The van der Waals surface area contributed by atoms with E-state index in [0.29, 0.717) is 17.5 Å². The van der Waals surface area contributed by atoms with Crippen molar-refractivity contribution < 1.29 is 0 Å². The van der Waals surface area contributed by atoms with E-state index in [1.54, 1.807) is 0 Å². The van der Waals surface area contributed by atoms with Gasteiger partial charge in [0.05, 0.1) is 16.7 Å². The summed E-state index contributed by atoms with van der Waals surface area (Å²) in [4.78, 5) is 16.2. The van der Waals surface area contributed by atoms with E-state index in [2.05, 4.69) is 188 Å². The number of thiophene rings is 1. The fourth-order valence-corrected chi connectivity index (χ4v) is 11.1. The summed E-state index contributed by atoms with van der Waals surface area (Å²) in [5.41, 5.74) is 16.3. The van der Waals surface area contributed by atoms with E-state index in [1.165, 1.54) is 69.8 Å². The van der Waals surface area contributed by atoms with Crippen molar-refractivity contribution in [1.82, 2.24) is 19.5 Å². The monoisotopic (exact) mass is 770 g/mol. The molecule has 0 spiro atoms. The van der Waals surface area contributed by atoms with Crippen LogP contribution in [0.15, 0.2) is 170 Å². The van der Waals surface area contributed by atoms with Gasteiger partial charge in [0.2, 0.25) is 0 Å². The third-order valence-corrected chi connectivity index (χ3v) is 13.9. The van der Waals surface area contributed by atoms with Gasteiger partial charge in [0.1, 0.15) is 0 Å². The Kier molecular flexibility index (Phi) is 6.63. The second-order valence-electron chi connectivity index (χ2n) is 16.4. The Balaban J connectivity index is 1.12. The van der Waals surface area contributed by atoms with Crippen molar-refractivity contribution in [2.45, 2.75) is 19.3 Å². The number of hydrogen-bond donors (Lipinski definition) is 0. The van der Waals surface area contributed by atoms with Crippen LogP contribution in [-0.2, 0) is 5.41 Å². The maximum absolute atomic E-state index is 5.45. The molecule has 11 aromatic rings. The van der Waals surface area contributed by atoms with Gasteiger partial charge in [-0.05, 0) is 75.8 Å². The van der Waals surface area contributed by atoms with Gasteiger partial charge in [0.15, 0.2) is 17.5 Å². The van der Waals surface area contributed by atoms with Crippen molar-refractivity contribution in [2.75, 3.05) is 0 Å². The van der Waals surface area contributed by atoms with E-state index in [0.717, 1.165) is 39.1 Å². The van der Waals surface area contributed by atoms with Crippen LogP contribution in [0.2, 0.25) is 0 Å². The van der Waals surface area contributed by atoms with Gasteiger partial charge in [-0.2, -0.15) is 0 Å². The molecule has 4 nitrogen and oxygen atoms in total. The minimum atomic E-state index is -0.162. The number of nitrogens with zero attached hydrogens (tertiary/aromatic N) is 4. The van der Waals surface area contributed by atoms with Crippen molar-refractivity contribution in [1.29, 1.82) is 0 Å². The lowest BCUT2D eigenvalue weighted by atomic mass is 9.81. The summed E-state index contributed by atoms with van der Waals surface area (Å²) >= 11 is 1.82. The molecule has 0 fully saturated rings. The number of fused-ring (bicyclic) bond motifs is 9. The highest BCUT2D eigenvalue weighted by Crippen LogP contribution is 2.59. The molecular formula is C54H34N4S. The van der Waals surface area contributed by atoms with Gasteiger partial charge >= 0.3 is 0 Å². The molecule has 13 rings (SSSR count). The van der Waals surface area contributed by atoms with Gasteiger partial charge in [-0.15, -0.1) is 11.3 Å². The molecule has 0 atom stereocenters. The molecule has 0 saturated carbocycles. The van der Waals surface area contributed by atoms with Crippen LogP contribution >= 0.6 is 11.3 Å². The molecule has 276 valence electrons. The van der Waals surface area contributed by atoms with Crippen molar-refractivity contribution in [2.24, 2.45) is 0 Å². The van der Waals surface area contributed by atoms with Crippen LogP contribution in [-0.4, -0.2) is 19.5 Å². The predicted molar refractivity (Wildman–Crippen MR) is 245 cm³/mol. The first-order valence-electron chi connectivity index (χ1n) is 20.2. The summed E-state index contributed by atoms with van der Waals surface area (Å²) in [6.45, 7) is 4.74. The smallest absolute Gasteiger partial charge is 0.164 e. The summed E-state index contributed by atoms with van der Waals surface area (Å²) in [5, 5.41) is 4.99. The molecule has 0 radical (unpaired) electrons. The average Bonchev–Trinajstić information content (AvgIpc) is 3.88. The Morgan fingerprint density at radius 1 is 0.424 bits per heavy atom. The summed E-state index contributed by atoms with van der Waals surface area (Å²) in [5.74, 6) is 1.94. The molecule has 0 saturated heterocycles. The molecule has 1 aliphatic carbocycles. The van der Waals surface area contributed by atoms with Crippen LogP contribution in [0.5, 0.6) is 0 Å². The first-order chi connectivity index (χ1) is 29.0. The number of aromatic nitrogens is 4. The highest BCUT2D eigenvalue weighted by Gasteiger charge is 2.41. The lowest BCUT2D eigenvalue weighted by molar-refractivity contribution is 0.661. The Labute approximate surface area is 344 Å². The normalized spacial score (nSPS) is 13.4. The van der Waals surface area contributed by atoms with E-state index in [-0.39, 0.29) is 5.41 Å². The van der Waals surface area contributed by atoms with Gasteiger partial charge in [0, 0.05) is 64.2 Å². The number of para-hydroxylation sites is 1. The molecular weight excluding hydrogens is 737 g/mol. The number of rotatable bonds is 4. The second-order valence-corrected chi connectivity index (χ2v) is 17.4. The van der Waals surface area contributed by atoms with Crippen LogP contribution < -0.4 is 0 Å². The van der Waals surface area contributed by atoms with E-state index in [9.17, 15) is 0 Å². The molecule has 4 heterocycles. The van der Waals surface area contributed by atoms with Crippen LogP contribution in [0.4, 0.5) is 0 Å². The van der Waals surface area contributed by atoms with Gasteiger partial charge in [0.25, 0.3) is 0 Å². The summed E-state index contributed by atoms with van der Waals surface area (Å²) in [7, 11) is 0. The fourth-order valence-electron chi connectivity index (χ4n) is 10.1. The first-order valence-corrected chi connectivity index (χ1v) is 21.0. The lowest BCUT2D eigenvalue weighted by Crippen LogP contribution is -2.15. The SMILES string of the molecule is CC1(C)c2cccc3c2-c2c1ccc1c4ccccc4n(c21)-c1cccc(-c2nc(-c4cccc(-c5ccccc5)c4)nc(-c4ccc5sc6ccccc6c5c4)n2)c1-3. The molecule has 5 heteroatoms. The Bertz CT molecular complexity index is 3590. The molecule has 0 bridgehead atoms. The predicted octanol–water partition coefficient (Wildman–Crippen LogP) is 14.3. The quantitative estimate of drug-likeness (QED) is 0.179. The average molecular weight is 771 g/mol. The number of benzene rings is 8. The standard InChI is InChI=1S/C54H34N4S/c1-54(2)41-21-11-19-38-47-39(20-12-23-44(47)58-43-22-8-6-17-35(43)37-26-27-42(54)49(48(38)41)50(37)58)53-56-51(33-16-10-15-32(29-33)31-13-4-3-5-14-31)55-52(57-53)34-25-28-46-40(30-34)36-18-7-9-24-45(36)59-46/h3-30H,1-2H3. The highest BCUT2D eigenvalue weighted by molar-refractivity contribution is 7.25. The molecule has 8 aromatic carbocycles. The zero-order valence-electron chi connectivity index (χ0n) is 32.4. The first kappa shape index (κ1) is 32.8. The molecule has 0 amide bonds. The van der Waals surface area contributed by atoms with Crippen LogP contribution in [0.1, 0.15) is 25.0 Å². The Morgan fingerprint density at radius 3 is 1.97 bits per heavy atom. The third-order valence-electron chi connectivity index (χ3n) is 12.8. The minimum absolute atomic E-state index is 0.162. The van der Waals surface area contributed by atoms with Gasteiger partial charge in [-0.1, -0.05) is 141 Å². The fraction of sp³-hybridized carbons (Fsp3) is 0.0556. The summed E-state index contributed by atoms with van der Waals surface area (Å²) < 4.78 is 5.03. The van der Waals surface area contributed by atoms with Crippen molar-refractivity contribution in [3.8, 4) is 73.2 Å². The third kappa shape index (κ3) is 4.56. The number of hydrogen-bond acceptors (Lipinski definition) is 4. The Morgan fingerprint density at radius 2 is 1.08 bits per heavy atom. The second kappa shape index (κ2) is 11.9. The largest absolute Gasteiger partial charge is 0.308 e.